The molecular formula is C31H37NO6. The number of ether oxygens (including phenoxy) is 4. The summed E-state index contributed by atoms with van der Waals surface area (Å²) in [5, 5.41) is 0. The van der Waals surface area contributed by atoms with Crippen molar-refractivity contribution in [1.82, 2.24) is 0 Å². The van der Waals surface area contributed by atoms with Gasteiger partial charge in [0.05, 0.1) is 38.9 Å². The van der Waals surface area contributed by atoms with Gasteiger partial charge in [-0.3, -0.25) is 9.79 Å². The van der Waals surface area contributed by atoms with E-state index in [1.54, 1.807) is 21.1 Å². The molecule has 202 valence electrons. The van der Waals surface area contributed by atoms with E-state index in [1.165, 1.54) is 0 Å². The lowest BCUT2D eigenvalue weighted by atomic mass is 9.66. The van der Waals surface area contributed by atoms with E-state index < -0.39 is 17.8 Å². The van der Waals surface area contributed by atoms with Gasteiger partial charge in [-0.2, -0.15) is 0 Å². The highest BCUT2D eigenvalue weighted by molar-refractivity contribution is 6.12. The minimum atomic E-state index is -0.551. The van der Waals surface area contributed by atoms with Crippen LogP contribution in [-0.2, 0) is 14.3 Å². The quantitative estimate of drug-likeness (QED) is 0.282. The van der Waals surface area contributed by atoms with Gasteiger partial charge in [0.15, 0.2) is 11.5 Å². The molecule has 0 saturated heterocycles. The van der Waals surface area contributed by atoms with Gasteiger partial charge in [0.1, 0.15) is 11.5 Å². The highest BCUT2D eigenvalue weighted by atomic mass is 16.5. The average molecular weight is 520 g/mol. The summed E-state index contributed by atoms with van der Waals surface area (Å²) in [7, 11) is 3.20. The van der Waals surface area contributed by atoms with Gasteiger partial charge < -0.3 is 18.9 Å². The Hall–Kier alpha value is -3.61. The maximum atomic E-state index is 13.9. The van der Waals surface area contributed by atoms with Crippen LogP contribution in [0, 0.1) is 5.92 Å². The Bertz CT molecular complexity index is 1250. The highest BCUT2D eigenvalue weighted by Crippen LogP contribution is 2.48. The molecule has 0 spiro atoms. The van der Waals surface area contributed by atoms with Crippen LogP contribution >= 0.6 is 0 Å². The van der Waals surface area contributed by atoms with Gasteiger partial charge >= 0.3 is 5.97 Å². The number of nitrogens with zero attached hydrogens (tertiary/aromatic N) is 1. The molecule has 4 rings (SSSR count). The lowest BCUT2D eigenvalue weighted by molar-refractivity contribution is -0.139. The van der Waals surface area contributed by atoms with Crippen molar-refractivity contribution < 1.29 is 28.5 Å². The molecular weight excluding hydrogens is 482 g/mol. The summed E-state index contributed by atoms with van der Waals surface area (Å²) in [6.45, 7) is 6.53. The van der Waals surface area contributed by atoms with Crippen LogP contribution in [0.5, 0.6) is 17.2 Å². The van der Waals surface area contributed by atoms with Crippen molar-refractivity contribution in [2.24, 2.45) is 10.9 Å². The Morgan fingerprint density at radius 1 is 0.974 bits per heavy atom. The number of Topliss-reactive ketones (excluding diaryl/α,β-unsaturated/α-hetero) is 1. The number of carbonyl (C=O) groups is 2. The van der Waals surface area contributed by atoms with Crippen LogP contribution in [0.3, 0.4) is 0 Å². The molecule has 7 nitrogen and oxygen atoms in total. The third kappa shape index (κ3) is 5.47. The molecule has 38 heavy (non-hydrogen) atoms. The van der Waals surface area contributed by atoms with Gasteiger partial charge in [-0.05, 0) is 56.4 Å². The number of rotatable bonds is 10. The average Bonchev–Trinajstić information content (AvgIpc) is 2.92. The number of unbranched alkanes of at least 4 members (excludes halogenated alkanes) is 1. The summed E-state index contributed by atoms with van der Waals surface area (Å²) in [6.07, 6.45) is 2.87. The van der Waals surface area contributed by atoms with E-state index in [-0.39, 0.29) is 18.3 Å². The Morgan fingerprint density at radius 3 is 2.45 bits per heavy atom. The predicted molar refractivity (Wildman–Crippen MR) is 146 cm³/mol. The van der Waals surface area contributed by atoms with E-state index in [0.29, 0.717) is 48.0 Å². The monoisotopic (exact) mass is 519 g/mol. The van der Waals surface area contributed by atoms with Crippen LogP contribution in [0.15, 0.2) is 58.7 Å². The lowest BCUT2D eigenvalue weighted by Crippen LogP contribution is -2.41. The third-order valence-corrected chi connectivity index (χ3v) is 7.34. The predicted octanol–water partition coefficient (Wildman–Crippen LogP) is 6.02. The van der Waals surface area contributed by atoms with E-state index in [0.717, 1.165) is 29.7 Å². The molecule has 1 heterocycles. The molecule has 0 bridgehead atoms. The fourth-order valence-electron chi connectivity index (χ4n) is 5.52. The zero-order valence-corrected chi connectivity index (χ0v) is 22.9. The van der Waals surface area contributed by atoms with Crippen LogP contribution in [0.4, 0.5) is 0 Å². The number of benzene rings is 2. The first-order chi connectivity index (χ1) is 18.4. The zero-order chi connectivity index (χ0) is 27.2. The first-order valence-corrected chi connectivity index (χ1v) is 13.3. The summed E-state index contributed by atoms with van der Waals surface area (Å²) in [5.41, 5.74) is 3.63. The number of esters is 1. The third-order valence-electron chi connectivity index (χ3n) is 7.34. The van der Waals surface area contributed by atoms with Crippen molar-refractivity contribution in [2.45, 2.75) is 58.3 Å². The molecule has 2 aliphatic rings. The molecule has 1 unspecified atom stereocenters. The van der Waals surface area contributed by atoms with Crippen molar-refractivity contribution in [3.63, 3.8) is 0 Å². The first-order valence-electron chi connectivity index (χ1n) is 13.3. The molecule has 1 aliphatic heterocycles. The largest absolute Gasteiger partial charge is 0.493 e. The van der Waals surface area contributed by atoms with Crippen molar-refractivity contribution in [3.05, 3.63) is 64.9 Å². The Kier molecular flexibility index (Phi) is 8.87. The SMILES string of the molecule is CCCCOc1ccccc1[C@@H]1C(C(=O)OCC)=C(C)N=C2C[C@H](c3ccc(OC)c(OC)c3)CC(=O)C21. The number of carbonyl (C=O) groups excluding carboxylic acids is 2. The summed E-state index contributed by atoms with van der Waals surface area (Å²) in [6, 6.07) is 13.5. The molecule has 1 aliphatic carbocycles. The van der Waals surface area contributed by atoms with Crippen molar-refractivity contribution in [1.29, 1.82) is 0 Å². The van der Waals surface area contributed by atoms with E-state index in [1.807, 2.05) is 49.4 Å². The van der Waals surface area contributed by atoms with Gasteiger partial charge in [0.2, 0.25) is 0 Å². The standard InChI is InChI=1S/C31H37NO6/c1-6-8-15-38-25-12-10-9-11-22(25)29-28(31(34)37-7-2)19(3)32-23-16-21(17-24(33)30(23)29)20-13-14-26(35-4)27(18-20)36-5/h9-14,18,21,29-30H,6-8,15-17H2,1-5H3/t21-,29+,30?/m0/s1. The normalized spacial score (nSPS) is 20.9. The molecule has 0 amide bonds. The van der Waals surface area contributed by atoms with Gasteiger partial charge in [0, 0.05) is 29.3 Å². The number of aliphatic imine (C=N–C) groups is 1. The summed E-state index contributed by atoms with van der Waals surface area (Å²) < 4.78 is 22.5. The van der Waals surface area contributed by atoms with Gasteiger partial charge in [-0.25, -0.2) is 4.79 Å². The molecule has 2 aromatic rings. The maximum Gasteiger partial charge on any atom is 0.336 e. The van der Waals surface area contributed by atoms with E-state index in [4.69, 9.17) is 23.9 Å². The van der Waals surface area contributed by atoms with Crippen LogP contribution < -0.4 is 14.2 Å². The number of hydrogen-bond acceptors (Lipinski definition) is 7. The molecule has 2 aromatic carbocycles. The summed E-state index contributed by atoms with van der Waals surface area (Å²) >= 11 is 0. The summed E-state index contributed by atoms with van der Waals surface area (Å²) in [5.74, 6) is 0.463. The van der Waals surface area contributed by atoms with Crippen LogP contribution in [0.25, 0.3) is 0 Å². The number of hydrogen-bond donors (Lipinski definition) is 0. The lowest BCUT2D eigenvalue weighted by Gasteiger charge is -2.38. The fraction of sp³-hybridized carbons (Fsp3) is 0.452. The molecule has 1 saturated carbocycles. The van der Waals surface area contributed by atoms with Gasteiger partial charge in [0.25, 0.3) is 0 Å². The first kappa shape index (κ1) is 27.4. The second kappa shape index (κ2) is 12.3. The number of ketones is 1. The minimum Gasteiger partial charge on any atom is -0.493 e. The maximum absolute atomic E-state index is 13.9. The fourth-order valence-corrected chi connectivity index (χ4v) is 5.52. The Morgan fingerprint density at radius 2 is 1.74 bits per heavy atom. The molecule has 0 aromatic heterocycles. The smallest absolute Gasteiger partial charge is 0.336 e. The summed E-state index contributed by atoms with van der Waals surface area (Å²) in [4.78, 5) is 32.0. The van der Waals surface area contributed by atoms with Crippen LogP contribution in [-0.4, -0.2) is 44.9 Å². The number of fused-ring (bicyclic) bond motifs is 1. The number of para-hydroxylation sites is 1. The highest BCUT2D eigenvalue weighted by Gasteiger charge is 2.47. The number of methoxy groups -OCH3 is 2. The zero-order valence-electron chi connectivity index (χ0n) is 22.9. The van der Waals surface area contributed by atoms with Crippen LogP contribution in [0.2, 0.25) is 0 Å². The molecule has 1 fully saturated rings. The molecule has 7 heteroatoms. The van der Waals surface area contributed by atoms with Crippen molar-refractivity contribution >= 4 is 17.5 Å². The Labute approximate surface area is 224 Å². The molecule has 3 atom stereocenters. The van der Waals surface area contributed by atoms with E-state index in [2.05, 4.69) is 6.92 Å². The van der Waals surface area contributed by atoms with Crippen molar-refractivity contribution in [2.75, 3.05) is 27.4 Å². The van der Waals surface area contributed by atoms with Crippen LogP contribution in [0.1, 0.15) is 69.4 Å². The van der Waals surface area contributed by atoms with Gasteiger partial charge in [-0.1, -0.05) is 37.6 Å². The van der Waals surface area contributed by atoms with Gasteiger partial charge in [-0.15, -0.1) is 0 Å². The molecule has 0 N–H and O–H groups in total. The van der Waals surface area contributed by atoms with E-state index >= 15 is 0 Å². The van der Waals surface area contributed by atoms with E-state index in [9.17, 15) is 9.59 Å². The number of allylic oxidation sites excluding steroid dienone is 1. The minimum absolute atomic E-state index is 0.0500. The molecule has 0 radical (unpaired) electrons. The topological polar surface area (TPSA) is 83.4 Å². The second-order valence-corrected chi connectivity index (χ2v) is 9.70. The van der Waals surface area contributed by atoms with Crippen molar-refractivity contribution in [3.8, 4) is 17.2 Å². The second-order valence-electron chi connectivity index (χ2n) is 9.70. The Balaban J connectivity index is 1.77.